The van der Waals surface area contributed by atoms with Gasteiger partial charge in [-0.05, 0) is 108 Å². The van der Waals surface area contributed by atoms with E-state index < -0.39 is 11.9 Å². The summed E-state index contributed by atoms with van der Waals surface area (Å²) in [4.78, 5) is 59.0. The number of amides is 3. The second-order valence-electron chi connectivity index (χ2n) is 19.1. The van der Waals surface area contributed by atoms with Crippen LogP contribution in [0.4, 0.5) is 11.5 Å². The first kappa shape index (κ1) is 40.8. The molecule has 4 aromatic rings. The summed E-state index contributed by atoms with van der Waals surface area (Å²) in [7, 11) is 1.66. The largest absolute Gasteiger partial charge is 0.494 e. The number of carbonyl (C=O) groups excluding carboxylic acids is 3. The fourth-order valence-corrected chi connectivity index (χ4v) is 10.9. The highest BCUT2D eigenvalue weighted by Gasteiger charge is 2.42. The Labute approximate surface area is 363 Å². The molecule has 0 spiro atoms. The summed E-state index contributed by atoms with van der Waals surface area (Å²) in [5.41, 5.74) is 5.00. The number of anilines is 2. The molecule has 10 rings (SSSR count). The van der Waals surface area contributed by atoms with Gasteiger partial charge in [0.05, 0.1) is 30.6 Å². The average Bonchev–Trinajstić information content (AvgIpc) is 3.69. The molecule has 1 saturated carbocycles. The zero-order valence-electron chi connectivity index (χ0n) is 36.6. The van der Waals surface area contributed by atoms with Crippen molar-refractivity contribution in [2.45, 2.75) is 102 Å². The van der Waals surface area contributed by atoms with Crippen LogP contribution in [0, 0.1) is 11.8 Å². The molecule has 1 aliphatic carbocycles. The zero-order chi connectivity index (χ0) is 42.7. The quantitative estimate of drug-likeness (QED) is 0.190. The minimum Gasteiger partial charge on any atom is -0.494 e. The number of piperazine rings is 1. The SMILES string of the molecule is COc1c(N2CCC(CN3C[C@@H](C)N(CC4CCN(c5cc(-c6n[nH]c7ccc(OC8(C)CC8)cc67)ncn5)CC4)[C@@H](C)C3)CC2)ccc2c1CN(C1CCC(=O)NC1=O)C2=O. The van der Waals surface area contributed by atoms with Crippen molar-refractivity contribution < 1.29 is 23.9 Å². The lowest BCUT2D eigenvalue weighted by Gasteiger charge is -2.48. The van der Waals surface area contributed by atoms with Gasteiger partial charge in [0.25, 0.3) is 5.91 Å². The lowest BCUT2D eigenvalue weighted by atomic mass is 9.92. The van der Waals surface area contributed by atoms with Crippen LogP contribution in [0.5, 0.6) is 11.5 Å². The summed E-state index contributed by atoms with van der Waals surface area (Å²) in [6.45, 7) is 15.6. The first-order chi connectivity index (χ1) is 30.0. The molecule has 3 amide bonds. The Morgan fingerprint density at radius 3 is 2.29 bits per heavy atom. The van der Waals surface area contributed by atoms with Crippen molar-refractivity contribution in [1.82, 2.24) is 40.2 Å². The smallest absolute Gasteiger partial charge is 0.255 e. The van der Waals surface area contributed by atoms with E-state index in [1.165, 1.54) is 0 Å². The van der Waals surface area contributed by atoms with E-state index >= 15 is 0 Å². The van der Waals surface area contributed by atoms with Gasteiger partial charge in [-0.2, -0.15) is 5.10 Å². The number of methoxy groups -OCH3 is 1. The molecule has 6 aliphatic rings. The van der Waals surface area contributed by atoms with Gasteiger partial charge in [0.2, 0.25) is 11.8 Å². The van der Waals surface area contributed by atoms with Crippen molar-refractivity contribution in [2.75, 3.05) is 69.3 Å². The van der Waals surface area contributed by atoms with Crippen LogP contribution in [0.15, 0.2) is 42.7 Å². The molecule has 2 aromatic heterocycles. The number of rotatable bonds is 11. The van der Waals surface area contributed by atoms with Gasteiger partial charge in [0, 0.05) is 93.4 Å². The van der Waals surface area contributed by atoms with Gasteiger partial charge < -0.3 is 24.2 Å². The molecular formula is C47H60N10O5. The number of hydrogen-bond donors (Lipinski definition) is 2. The molecule has 5 fully saturated rings. The zero-order valence-corrected chi connectivity index (χ0v) is 36.6. The maximum atomic E-state index is 13.4. The molecule has 0 radical (unpaired) electrons. The fraction of sp³-hybridized carbons (Fsp3) is 0.574. The summed E-state index contributed by atoms with van der Waals surface area (Å²) in [5, 5.41) is 11.2. The van der Waals surface area contributed by atoms with E-state index in [2.05, 4.69) is 73.0 Å². The first-order valence-corrected chi connectivity index (χ1v) is 22.8. The number of benzene rings is 2. The number of fused-ring (bicyclic) bond motifs is 2. The van der Waals surface area contributed by atoms with Gasteiger partial charge in [0.15, 0.2) is 0 Å². The van der Waals surface area contributed by atoms with Crippen molar-refractivity contribution in [1.29, 1.82) is 0 Å². The van der Waals surface area contributed by atoms with E-state index in [1.54, 1.807) is 18.3 Å². The molecule has 0 bridgehead atoms. The third-order valence-corrected chi connectivity index (χ3v) is 14.7. The van der Waals surface area contributed by atoms with Gasteiger partial charge in [-0.3, -0.25) is 34.6 Å². The molecule has 2 aromatic carbocycles. The molecule has 3 atom stereocenters. The summed E-state index contributed by atoms with van der Waals surface area (Å²) >= 11 is 0. The van der Waals surface area contributed by atoms with Crippen LogP contribution < -0.4 is 24.6 Å². The number of nitrogens with zero attached hydrogens (tertiary/aromatic N) is 8. The number of imide groups is 1. The van der Waals surface area contributed by atoms with Crippen molar-refractivity contribution in [3.8, 4) is 22.9 Å². The third kappa shape index (κ3) is 7.97. The Kier molecular flexibility index (Phi) is 10.8. The maximum Gasteiger partial charge on any atom is 0.255 e. The second-order valence-corrected chi connectivity index (χ2v) is 19.1. The highest BCUT2D eigenvalue weighted by Crippen LogP contribution is 2.43. The number of nitrogens with one attached hydrogen (secondary N) is 2. The van der Waals surface area contributed by atoms with Crippen molar-refractivity contribution in [3.63, 3.8) is 0 Å². The van der Waals surface area contributed by atoms with Crippen LogP contribution in [0.2, 0.25) is 0 Å². The van der Waals surface area contributed by atoms with Crippen LogP contribution in [0.1, 0.15) is 88.1 Å². The third-order valence-electron chi connectivity index (χ3n) is 14.7. The maximum absolute atomic E-state index is 13.4. The molecule has 4 saturated heterocycles. The Hall–Kier alpha value is -5.28. The highest BCUT2D eigenvalue weighted by molar-refractivity contribution is 6.06. The number of aromatic amines is 1. The molecule has 7 heterocycles. The molecule has 5 aliphatic heterocycles. The molecule has 62 heavy (non-hydrogen) atoms. The lowest BCUT2D eigenvalue weighted by molar-refractivity contribution is -0.136. The first-order valence-electron chi connectivity index (χ1n) is 22.8. The van der Waals surface area contributed by atoms with Crippen molar-refractivity contribution >= 4 is 40.1 Å². The lowest BCUT2D eigenvalue weighted by Crippen LogP contribution is -2.59. The number of piperidine rings is 3. The number of H-pyrrole nitrogens is 1. The van der Waals surface area contributed by atoms with Crippen LogP contribution in [0.3, 0.4) is 0 Å². The standard InChI is InChI=1S/C47H60N10O5/c1-29-23-53(25-31-11-17-54(18-12-31)39-8-6-34-36(44(39)61-4)27-57(46(34)60)40-9-10-42(58)50-45(40)59)24-30(2)56(29)26-32-13-19-55(20-14-32)41-22-38(48-28-49-41)43-35-21-33(62-47(3)15-16-47)5-7-37(35)51-52-43/h5-8,21-22,28-32,40H,9-20,23-27H2,1-4H3,(H,51,52)(H,50,58,59)/t29-,30+,40?. The van der Waals surface area contributed by atoms with E-state index in [0.29, 0.717) is 42.4 Å². The Bertz CT molecular complexity index is 2340. The normalized spacial score (nSPS) is 25.1. The Morgan fingerprint density at radius 1 is 0.855 bits per heavy atom. The van der Waals surface area contributed by atoms with Crippen LogP contribution in [-0.4, -0.2) is 136 Å². The number of carbonyl (C=O) groups is 3. The molecule has 328 valence electrons. The van der Waals surface area contributed by atoms with Gasteiger partial charge >= 0.3 is 0 Å². The van der Waals surface area contributed by atoms with Gasteiger partial charge in [0.1, 0.15) is 41.0 Å². The topological polar surface area (TPSA) is 152 Å². The minimum atomic E-state index is -0.644. The van der Waals surface area contributed by atoms with E-state index in [4.69, 9.17) is 14.5 Å². The summed E-state index contributed by atoms with van der Waals surface area (Å²) in [6, 6.07) is 12.5. The summed E-state index contributed by atoms with van der Waals surface area (Å²) in [6.07, 6.45) is 8.93. The van der Waals surface area contributed by atoms with Crippen LogP contribution >= 0.6 is 0 Å². The molecular weight excluding hydrogens is 785 g/mol. The number of ether oxygens (including phenoxy) is 2. The molecule has 2 N–H and O–H groups in total. The number of aromatic nitrogens is 4. The molecule has 1 unspecified atom stereocenters. The van der Waals surface area contributed by atoms with Crippen molar-refractivity contribution in [3.05, 3.63) is 53.9 Å². The average molecular weight is 845 g/mol. The predicted molar refractivity (Wildman–Crippen MR) is 236 cm³/mol. The molecule has 15 heteroatoms. The van der Waals surface area contributed by atoms with Crippen LogP contribution in [-0.2, 0) is 16.1 Å². The van der Waals surface area contributed by atoms with Crippen molar-refractivity contribution in [2.24, 2.45) is 11.8 Å². The Balaban J connectivity index is 0.699. The van der Waals surface area contributed by atoms with Gasteiger partial charge in [-0.25, -0.2) is 9.97 Å². The van der Waals surface area contributed by atoms with Gasteiger partial charge in [-0.1, -0.05) is 0 Å². The van der Waals surface area contributed by atoms with Crippen LogP contribution in [0.25, 0.3) is 22.3 Å². The van der Waals surface area contributed by atoms with E-state index in [-0.39, 0.29) is 23.8 Å². The number of hydrogen-bond acceptors (Lipinski definition) is 12. The Morgan fingerprint density at radius 2 is 1.58 bits per heavy atom. The highest BCUT2D eigenvalue weighted by atomic mass is 16.5. The summed E-state index contributed by atoms with van der Waals surface area (Å²) in [5.74, 6) is 2.98. The van der Waals surface area contributed by atoms with E-state index in [9.17, 15) is 14.4 Å². The predicted octanol–water partition coefficient (Wildman–Crippen LogP) is 5.25. The van der Waals surface area contributed by atoms with Gasteiger partial charge in [-0.15, -0.1) is 0 Å². The molecule has 15 nitrogen and oxygen atoms in total. The summed E-state index contributed by atoms with van der Waals surface area (Å²) < 4.78 is 12.2. The van der Waals surface area contributed by atoms with E-state index in [1.807, 2.05) is 24.3 Å². The minimum absolute atomic E-state index is 0.0421. The van der Waals surface area contributed by atoms with E-state index in [0.717, 1.165) is 142 Å². The monoisotopic (exact) mass is 844 g/mol. The fourth-order valence-electron chi connectivity index (χ4n) is 10.9. The second kappa shape index (κ2) is 16.4.